The van der Waals surface area contributed by atoms with Crippen LogP contribution in [0.5, 0.6) is 0 Å². The number of aryl methyl sites for hydroxylation is 1. The Bertz CT molecular complexity index is 817. The summed E-state index contributed by atoms with van der Waals surface area (Å²) in [6.07, 6.45) is 0. The highest BCUT2D eigenvalue weighted by Gasteiger charge is 2.16. The van der Waals surface area contributed by atoms with Crippen LogP contribution in [0.4, 0.5) is 11.4 Å². The Labute approximate surface area is 148 Å². The molecule has 0 aliphatic carbocycles. The highest BCUT2D eigenvalue weighted by molar-refractivity contribution is 6.04. The molecule has 0 aromatic heterocycles. The van der Waals surface area contributed by atoms with Crippen LogP contribution in [0.3, 0.4) is 0 Å². The molecule has 1 aliphatic heterocycles. The molecule has 5 heteroatoms. The molecule has 5 nitrogen and oxygen atoms in total. The summed E-state index contributed by atoms with van der Waals surface area (Å²) in [5.41, 5.74) is 4.10. The van der Waals surface area contributed by atoms with E-state index in [0.29, 0.717) is 11.1 Å². The van der Waals surface area contributed by atoms with Gasteiger partial charge in [-0.2, -0.15) is 5.26 Å². The molecule has 25 heavy (non-hydrogen) atoms. The van der Waals surface area contributed by atoms with Gasteiger partial charge in [-0.1, -0.05) is 6.07 Å². The standard InChI is InChI=1S/C20H22N4O/c1-15-12-18(6-7-19(15)24-10-8-23(2)9-11-24)22-20(25)17-5-3-4-16(13-17)14-21/h3-7,12-13H,8-11H2,1-2H3,(H,22,25). The van der Waals surface area contributed by atoms with Crippen LogP contribution in [0.25, 0.3) is 0 Å². The number of carbonyl (C=O) groups excluding carboxylic acids is 1. The number of amides is 1. The topological polar surface area (TPSA) is 59.4 Å². The Morgan fingerprint density at radius 3 is 2.56 bits per heavy atom. The maximum atomic E-state index is 12.4. The fraction of sp³-hybridized carbons (Fsp3) is 0.300. The van der Waals surface area contributed by atoms with Gasteiger partial charge in [-0.05, 0) is 55.9 Å². The monoisotopic (exact) mass is 334 g/mol. The van der Waals surface area contributed by atoms with E-state index in [1.807, 2.05) is 12.1 Å². The van der Waals surface area contributed by atoms with E-state index in [-0.39, 0.29) is 5.91 Å². The van der Waals surface area contributed by atoms with Crippen molar-refractivity contribution >= 4 is 17.3 Å². The summed E-state index contributed by atoms with van der Waals surface area (Å²) in [6, 6.07) is 14.8. The number of hydrogen-bond acceptors (Lipinski definition) is 4. The van der Waals surface area contributed by atoms with E-state index in [2.05, 4.69) is 41.2 Å². The maximum absolute atomic E-state index is 12.4. The van der Waals surface area contributed by atoms with Gasteiger partial charge in [0.25, 0.3) is 5.91 Å². The number of likely N-dealkylation sites (N-methyl/N-ethyl adjacent to an activating group) is 1. The second-order valence-corrected chi connectivity index (χ2v) is 6.44. The molecular weight excluding hydrogens is 312 g/mol. The lowest BCUT2D eigenvalue weighted by Crippen LogP contribution is -2.44. The maximum Gasteiger partial charge on any atom is 0.255 e. The van der Waals surface area contributed by atoms with Crippen LogP contribution < -0.4 is 10.2 Å². The van der Waals surface area contributed by atoms with Gasteiger partial charge in [0.1, 0.15) is 0 Å². The van der Waals surface area contributed by atoms with E-state index in [4.69, 9.17) is 5.26 Å². The van der Waals surface area contributed by atoms with Crippen LogP contribution in [-0.2, 0) is 0 Å². The second-order valence-electron chi connectivity index (χ2n) is 6.44. The van der Waals surface area contributed by atoms with Gasteiger partial charge < -0.3 is 15.1 Å². The molecule has 1 fully saturated rings. The third kappa shape index (κ3) is 3.98. The Hall–Kier alpha value is -2.84. The number of anilines is 2. The van der Waals surface area contributed by atoms with E-state index in [0.717, 1.165) is 37.4 Å². The molecule has 3 rings (SSSR count). The van der Waals surface area contributed by atoms with Crippen LogP contribution in [0, 0.1) is 18.3 Å². The van der Waals surface area contributed by atoms with Crippen molar-refractivity contribution in [2.24, 2.45) is 0 Å². The molecule has 1 heterocycles. The molecule has 0 unspecified atom stereocenters. The molecule has 2 aromatic rings. The van der Waals surface area contributed by atoms with Crippen molar-refractivity contribution in [3.8, 4) is 6.07 Å². The number of carbonyl (C=O) groups is 1. The van der Waals surface area contributed by atoms with Gasteiger partial charge in [-0.15, -0.1) is 0 Å². The van der Waals surface area contributed by atoms with E-state index in [9.17, 15) is 4.79 Å². The molecule has 1 saturated heterocycles. The fourth-order valence-electron chi connectivity index (χ4n) is 3.07. The molecule has 1 amide bonds. The molecule has 0 atom stereocenters. The first-order valence-corrected chi connectivity index (χ1v) is 8.42. The number of nitrogens with one attached hydrogen (secondary N) is 1. The van der Waals surface area contributed by atoms with Crippen molar-refractivity contribution < 1.29 is 4.79 Å². The van der Waals surface area contributed by atoms with Crippen molar-refractivity contribution in [2.45, 2.75) is 6.92 Å². The fourth-order valence-corrected chi connectivity index (χ4v) is 3.07. The lowest BCUT2D eigenvalue weighted by atomic mass is 10.1. The number of nitriles is 1. The second kappa shape index (κ2) is 7.37. The normalized spacial score (nSPS) is 14.8. The first-order valence-electron chi connectivity index (χ1n) is 8.42. The van der Waals surface area contributed by atoms with Crippen molar-refractivity contribution in [2.75, 3.05) is 43.4 Å². The van der Waals surface area contributed by atoms with Crippen LogP contribution in [0.2, 0.25) is 0 Å². The highest BCUT2D eigenvalue weighted by Crippen LogP contribution is 2.25. The Morgan fingerprint density at radius 2 is 1.88 bits per heavy atom. The van der Waals surface area contributed by atoms with Gasteiger partial charge in [0, 0.05) is 43.1 Å². The average molecular weight is 334 g/mol. The van der Waals surface area contributed by atoms with Crippen molar-refractivity contribution in [1.29, 1.82) is 5.26 Å². The predicted molar refractivity (Wildman–Crippen MR) is 100.0 cm³/mol. The average Bonchev–Trinajstić information content (AvgIpc) is 2.63. The highest BCUT2D eigenvalue weighted by atomic mass is 16.1. The van der Waals surface area contributed by atoms with Crippen molar-refractivity contribution in [1.82, 2.24) is 4.90 Å². The summed E-state index contributed by atoms with van der Waals surface area (Å²) in [6.45, 7) is 6.23. The lowest BCUT2D eigenvalue weighted by Gasteiger charge is -2.35. The molecule has 1 N–H and O–H groups in total. The smallest absolute Gasteiger partial charge is 0.255 e. The molecular formula is C20H22N4O. The van der Waals surface area contributed by atoms with Crippen molar-refractivity contribution in [3.05, 3.63) is 59.2 Å². The van der Waals surface area contributed by atoms with Gasteiger partial charge in [0.15, 0.2) is 0 Å². The van der Waals surface area contributed by atoms with Gasteiger partial charge in [0.2, 0.25) is 0 Å². The molecule has 0 radical (unpaired) electrons. The summed E-state index contributed by atoms with van der Waals surface area (Å²) in [5.74, 6) is -0.205. The largest absolute Gasteiger partial charge is 0.369 e. The zero-order valence-electron chi connectivity index (χ0n) is 14.6. The third-order valence-electron chi connectivity index (χ3n) is 4.55. The molecule has 2 aromatic carbocycles. The Balaban J connectivity index is 1.72. The number of rotatable bonds is 3. The summed E-state index contributed by atoms with van der Waals surface area (Å²) in [4.78, 5) is 17.1. The number of hydrogen-bond donors (Lipinski definition) is 1. The first-order chi connectivity index (χ1) is 12.1. The minimum Gasteiger partial charge on any atom is -0.369 e. The molecule has 1 aliphatic rings. The summed E-state index contributed by atoms with van der Waals surface area (Å²) in [7, 11) is 2.14. The third-order valence-corrected chi connectivity index (χ3v) is 4.55. The van der Waals surface area contributed by atoms with Crippen LogP contribution in [0.15, 0.2) is 42.5 Å². The van der Waals surface area contributed by atoms with Gasteiger partial charge in [-0.3, -0.25) is 4.79 Å². The summed E-state index contributed by atoms with van der Waals surface area (Å²) in [5, 5.41) is 11.9. The summed E-state index contributed by atoms with van der Waals surface area (Å²) < 4.78 is 0. The molecule has 0 saturated carbocycles. The van der Waals surface area contributed by atoms with E-state index >= 15 is 0 Å². The lowest BCUT2D eigenvalue weighted by molar-refractivity contribution is 0.102. The number of nitrogens with zero attached hydrogens (tertiary/aromatic N) is 3. The Morgan fingerprint density at radius 1 is 1.12 bits per heavy atom. The van der Waals surface area contributed by atoms with E-state index in [1.54, 1.807) is 24.3 Å². The zero-order chi connectivity index (χ0) is 17.8. The minimum atomic E-state index is -0.205. The number of benzene rings is 2. The van der Waals surface area contributed by atoms with Gasteiger partial charge in [-0.25, -0.2) is 0 Å². The molecule has 128 valence electrons. The number of piperazine rings is 1. The predicted octanol–water partition coefficient (Wildman–Crippen LogP) is 2.87. The summed E-state index contributed by atoms with van der Waals surface area (Å²) >= 11 is 0. The molecule has 0 bridgehead atoms. The molecule has 0 spiro atoms. The first kappa shape index (κ1) is 17.0. The Kier molecular flexibility index (Phi) is 5.01. The van der Waals surface area contributed by atoms with Crippen LogP contribution in [0.1, 0.15) is 21.5 Å². The minimum absolute atomic E-state index is 0.205. The van der Waals surface area contributed by atoms with E-state index < -0.39 is 0 Å². The quantitative estimate of drug-likeness (QED) is 0.938. The SMILES string of the molecule is Cc1cc(NC(=O)c2cccc(C#N)c2)ccc1N1CCN(C)CC1. The zero-order valence-corrected chi connectivity index (χ0v) is 14.6. The van der Waals surface area contributed by atoms with Crippen LogP contribution in [-0.4, -0.2) is 44.0 Å². The van der Waals surface area contributed by atoms with E-state index in [1.165, 1.54) is 5.69 Å². The van der Waals surface area contributed by atoms with Crippen LogP contribution >= 0.6 is 0 Å². The van der Waals surface area contributed by atoms with Gasteiger partial charge in [0.05, 0.1) is 11.6 Å². The van der Waals surface area contributed by atoms with Gasteiger partial charge >= 0.3 is 0 Å². The van der Waals surface area contributed by atoms with Crippen molar-refractivity contribution in [3.63, 3.8) is 0 Å².